The van der Waals surface area contributed by atoms with E-state index in [1.807, 2.05) is 13.8 Å². The Kier molecular flexibility index (Phi) is 13.0. The second kappa shape index (κ2) is 9.95. The van der Waals surface area contributed by atoms with E-state index in [-0.39, 0.29) is 36.8 Å². The molecule has 0 spiro atoms. The van der Waals surface area contributed by atoms with Crippen LogP contribution in [0.4, 0.5) is 0 Å². The van der Waals surface area contributed by atoms with E-state index in [9.17, 15) is 4.79 Å². The van der Waals surface area contributed by atoms with Gasteiger partial charge in [0.25, 0.3) is 0 Å². The molecule has 4 nitrogen and oxygen atoms in total. The SMILES string of the molecule is CC(C)COC(=O)CC([NH3+])C[N+](C)(C)C.[Cl-].[Cl-]. The normalized spacial score (nSPS) is 12.4. The average molecular weight is 289 g/mol. The Morgan fingerprint density at radius 1 is 1.24 bits per heavy atom. The van der Waals surface area contributed by atoms with Crippen LogP contribution in [0.15, 0.2) is 0 Å². The fourth-order valence-electron chi connectivity index (χ4n) is 1.39. The van der Waals surface area contributed by atoms with Crippen molar-refractivity contribution < 1.29 is 44.6 Å². The largest absolute Gasteiger partial charge is 1.00 e. The molecule has 0 aromatic rings. The lowest BCUT2D eigenvalue weighted by atomic mass is 10.2. The van der Waals surface area contributed by atoms with E-state index in [2.05, 4.69) is 26.9 Å². The van der Waals surface area contributed by atoms with Crippen LogP contribution in [0.2, 0.25) is 0 Å². The van der Waals surface area contributed by atoms with E-state index < -0.39 is 0 Å². The van der Waals surface area contributed by atoms with E-state index in [1.54, 1.807) is 0 Å². The summed E-state index contributed by atoms with van der Waals surface area (Å²) in [6.45, 7) is 5.45. The molecule has 106 valence electrons. The summed E-state index contributed by atoms with van der Waals surface area (Å²) in [5, 5.41) is 0. The monoisotopic (exact) mass is 288 g/mol. The molecule has 0 aliphatic carbocycles. The van der Waals surface area contributed by atoms with Gasteiger partial charge in [-0.1, -0.05) is 13.8 Å². The van der Waals surface area contributed by atoms with Crippen LogP contribution in [0.1, 0.15) is 20.3 Å². The highest BCUT2D eigenvalue weighted by atomic mass is 35.5. The van der Waals surface area contributed by atoms with Gasteiger partial charge in [0.15, 0.2) is 0 Å². The summed E-state index contributed by atoms with van der Waals surface area (Å²) in [5.74, 6) is 0.271. The zero-order valence-electron chi connectivity index (χ0n) is 11.5. The fraction of sp³-hybridized carbons (Fsp3) is 0.909. The van der Waals surface area contributed by atoms with Gasteiger partial charge in [-0.05, 0) is 5.92 Å². The minimum absolute atomic E-state index is 0. The summed E-state index contributed by atoms with van der Waals surface area (Å²) in [6.07, 6.45) is 0.419. The summed E-state index contributed by atoms with van der Waals surface area (Å²) in [5.41, 5.74) is 3.97. The Labute approximate surface area is 117 Å². The number of carbonyl (C=O) groups is 1. The maximum Gasteiger partial charge on any atom is 0.312 e. The molecule has 0 bridgehead atoms. The van der Waals surface area contributed by atoms with Crippen LogP contribution in [0, 0.1) is 5.92 Å². The number of nitrogens with zero attached hydrogens (tertiary/aromatic N) is 1. The van der Waals surface area contributed by atoms with Gasteiger partial charge >= 0.3 is 5.97 Å². The number of hydrogen-bond donors (Lipinski definition) is 1. The van der Waals surface area contributed by atoms with Gasteiger partial charge in [-0.3, -0.25) is 4.79 Å². The molecule has 0 heterocycles. The molecule has 0 radical (unpaired) electrons. The molecule has 0 aromatic carbocycles. The molecule has 1 unspecified atom stereocenters. The van der Waals surface area contributed by atoms with Crippen molar-refractivity contribution in [3.8, 4) is 0 Å². The third kappa shape index (κ3) is 16.0. The predicted molar refractivity (Wildman–Crippen MR) is 60.0 cm³/mol. The van der Waals surface area contributed by atoms with Crippen LogP contribution in [-0.2, 0) is 9.53 Å². The third-order valence-electron chi connectivity index (χ3n) is 1.84. The standard InChI is InChI=1S/C11H25N2O2.2ClH/c1-9(2)8-15-11(14)6-10(12)7-13(3,4)5;;/h9-10H,6-8,12H2,1-5H3;2*1H/q+1;;/p-1. The third-order valence-corrected chi connectivity index (χ3v) is 1.84. The molecule has 1 atom stereocenters. The Morgan fingerprint density at radius 3 is 2.06 bits per heavy atom. The summed E-state index contributed by atoms with van der Waals surface area (Å²) in [6, 6.07) is 0.129. The molecule has 0 saturated heterocycles. The van der Waals surface area contributed by atoms with Gasteiger partial charge in [0.2, 0.25) is 0 Å². The summed E-state index contributed by atoms with van der Waals surface area (Å²) in [7, 11) is 6.28. The van der Waals surface area contributed by atoms with Crippen LogP contribution in [0.3, 0.4) is 0 Å². The number of halogens is 2. The van der Waals surface area contributed by atoms with Crippen molar-refractivity contribution in [1.82, 2.24) is 0 Å². The number of quaternary nitrogens is 2. The van der Waals surface area contributed by atoms with E-state index in [4.69, 9.17) is 4.74 Å². The van der Waals surface area contributed by atoms with Crippen LogP contribution < -0.4 is 30.5 Å². The Balaban J connectivity index is -0.000000980. The highest BCUT2D eigenvalue weighted by molar-refractivity contribution is 5.69. The van der Waals surface area contributed by atoms with E-state index in [0.717, 1.165) is 11.0 Å². The van der Waals surface area contributed by atoms with Gasteiger partial charge < -0.3 is 39.8 Å². The lowest BCUT2D eigenvalue weighted by Gasteiger charge is -2.25. The Morgan fingerprint density at radius 2 is 1.71 bits per heavy atom. The number of hydrogen-bond acceptors (Lipinski definition) is 2. The molecular formula is C11H26Cl2N2O2. The molecule has 0 aliphatic heterocycles. The van der Waals surface area contributed by atoms with Crippen molar-refractivity contribution in [3.63, 3.8) is 0 Å². The second-order valence-electron chi connectivity index (χ2n) is 5.62. The van der Waals surface area contributed by atoms with Gasteiger partial charge in [-0.2, -0.15) is 0 Å². The predicted octanol–water partition coefficient (Wildman–Crippen LogP) is -6.10. The first-order chi connectivity index (χ1) is 6.70. The van der Waals surface area contributed by atoms with E-state index in [1.165, 1.54) is 0 Å². The molecule has 0 fully saturated rings. The van der Waals surface area contributed by atoms with E-state index >= 15 is 0 Å². The first kappa shape index (κ1) is 22.2. The highest BCUT2D eigenvalue weighted by Gasteiger charge is 2.21. The summed E-state index contributed by atoms with van der Waals surface area (Å²) in [4.78, 5) is 11.4. The average Bonchev–Trinajstić information content (AvgIpc) is 1.96. The van der Waals surface area contributed by atoms with Gasteiger partial charge in [0.1, 0.15) is 19.0 Å². The van der Waals surface area contributed by atoms with Crippen molar-refractivity contribution >= 4 is 5.97 Å². The molecule has 0 rings (SSSR count). The van der Waals surface area contributed by atoms with Gasteiger partial charge in [-0.15, -0.1) is 0 Å². The maximum absolute atomic E-state index is 11.4. The maximum atomic E-state index is 11.4. The van der Waals surface area contributed by atoms with Crippen LogP contribution in [-0.4, -0.2) is 50.8 Å². The van der Waals surface area contributed by atoms with Gasteiger partial charge in [-0.25, -0.2) is 0 Å². The highest BCUT2D eigenvalue weighted by Crippen LogP contribution is 1.99. The molecule has 0 saturated carbocycles. The summed E-state index contributed by atoms with van der Waals surface area (Å²) < 4.78 is 5.93. The van der Waals surface area contributed by atoms with Gasteiger partial charge in [0, 0.05) is 0 Å². The minimum Gasteiger partial charge on any atom is -1.00 e. The first-order valence-electron chi connectivity index (χ1n) is 5.50. The smallest absolute Gasteiger partial charge is 0.312 e. The molecule has 6 heteroatoms. The molecule has 3 N–H and O–H groups in total. The van der Waals surface area contributed by atoms with Crippen molar-refractivity contribution in [1.29, 1.82) is 0 Å². The number of carbonyl (C=O) groups excluding carboxylic acids is 1. The number of rotatable bonds is 6. The van der Waals surface area contributed by atoms with Crippen molar-refractivity contribution in [2.75, 3.05) is 34.3 Å². The molecule has 0 aromatic heterocycles. The topological polar surface area (TPSA) is 53.9 Å². The molecule has 17 heavy (non-hydrogen) atoms. The lowest BCUT2D eigenvalue weighted by Crippen LogP contribution is -3.00. The quantitative estimate of drug-likeness (QED) is 0.391. The molecule has 0 amide bonds. The molecule has 0 aliphatic rings. The van der Waals surface area contributed by atoms with Crippen molar-refractivity contribution in [3.05, 3.63) is 0 Å². The second-order valence-corrected chi connectivity index (χ2v) is 5.62. The zero-order valence-corrected chi connectivity index (χ0v) is 13.0. The first-order valence-corrected chi connectivity index (χ1v) is 5.50. The Hall–Kier alpha value is -0.0300. The zero-order chi connectivity index (χ0) is 12.1. The van der Waals surface area contributed by atoms with Crippen LogP contribution >= 0.6 is 0 Å². The Bertz CT molecular complexity index is 206. The summed E-state index contributed by atoms with van der Waals surface area (Å²) >= 11 is 0. The fourth-order valence-corrected chi connectivity index (χ4v) is 1.39. The van der Waals surface area contributed by atoms with Crippen LogP contribution in [0.5, 0.6) is 0 Å². The van der Waals surface area contributed by atoms with E-state index in [0.29, 0.717) is 18.9 Å². The minimum atomic E-state index is -0.128. The molecular weight excluding hydrogens is 263 g/mol. The van der Waals surface area contributed by atoms with Crippen LogP contribution in [0.25, 0.3) is 0 Å². The number of esters is 1. The number of likely N-dealkylation sites (N-methyl/N-ethyl adjacent to an activating group) is 1. The number of ether oxygens (including phenoxy) is 1. The lowest BCUT2D eigenvalue weighted by molar-refractivity contribution is -0.880. The van der Waals surface area contributed by atoms with Crippen molar-refractivity contribution in [2.45, 2.75) is 26.3 Å². The van der Waals surface area contributed by atoms with Gasteiger partial charge in [0.05, 0.1) is 27.7 Å². The van der Waals surface area contributed by atoms with Crippen molar-refractivity contribution in [2.24, 2.45) is 5.92 Å².